The first-order valence-corrected chi connectivity index (χ1v) is 11.3. The third-order valence-electron chi connectivity index (χ3n) is 5.06. The first-order valence-electron chi connectivity index (χ1n) is 9.96. The highest BCUT2D eigenvalue weighted by molar-refractivity contribution is 7.98. The smallest absolute Gasteiger partial charge is 0.280 e. The SMILES string of the molecule is CCn1nc(C)c2nc(SCc3ccccc3Cl)n(CCc3ccccc3)c(=O)c21. The number of benzene rings is 2. The van der Waals surface area contributed by atoms with E-state index in [0.717, 1.165) is 22.7 Å². The van der Waals surface area contributed by atoms with Gasteiger partial charge in [-0.1, -0.05) is 71.9 Å². The number of aromatic nitrogens is 4. The van der Waals surface area contributed by atoms with Crippen LogP contribution in [0, 0.1) is 6.92 Å². The Morgan fingerprint density at radius 1 is 1.07 bits per heavy atom. The van der Waals surface area contributed by atoms with Gasteiger partial charge in [0.1, 0.15) is 5.52 Å². The lowest BCUT2D eigenvalue weighted by Crippen LogP contribution is -2.26. The molecular formula is C23H23ClN4OS. The van der Waals surface area contributed by atoms with Crippen LogP contribution < -0.4 is 5.56 Å². The van der Waals surface area contributed by atoms with Crippen molar-refractivity contribution in [2.75, 3.05) is 0 Å². The molecule has 0 bridgehead atoms. The van der Waals surface area contributed by atoms with Crippen molar-refractivity contribution >= 4 is 34.4 Å². The number of nitrogens with zero attached hydrogens (tertiary/aromatic N) is 4. The van der Waals surface area contributed by atoms with Crippen LogP contribution in [0.2, 0.25) is 5.02 Å². The molecule has 0 aliphatic heterocycles. The number of thioether (sulfide) groups is 1. The second-order valence-electron chi connectivity index (χ2n) is 7.07. The van der Waals surface area contributed by atoms with Gasteiger partial charge in [0.25, 0.3) is 5.56 Å². The molecule has 0 radical (unpaired) electrons. The summed E-state index contributed by atoms with van der Waals surface area (Å²) in [7, 11) is 0. The monoisotopic (exact) mass is 438 g/mol. The Morgan fingerprint density at radius 2 is 1.80 bits per heavy atom. The minimum atomic E-state index is -0.0416. The molecule has 0 spiro atoms. The Balaban J connectivity index is 1.75. The van der Waals surface area contributed by atoms with Crippen LogP contribution in [0.5, 0.6) is 0 Å². The Labute approximate surface area is 184 Å². The number of halogens is 1. The van der Waals surface area contributed by atoms with Crippen LogP contribution in [0.1, 0.15) is 23.7 Å². The molecule has 2 heterocycles. The Kier molecular flexibility index (Phi) is 6.25. The van der Waals surface area contributed by atoms with E-state index in [0.29, 0.717) is 35.0 Å². The van der Waals surface area contributed by atoms with Gasteiger partial charge in [0.15, 0.2) is 10.7 Å². The van der Waals surface area contributed by atoms with E-state index in [4.69, 9.17) is 16.6 Å². The van der Waals surface area contributed by atoms with Crippen molar-refractivity contribution < 1.29 is 0 Å². The van der Waals surface area contributed by atoms with E-state index >= 15 is 0 Å². The number of fused-ring (bicyclic) bond motifs is 1. The quantitative estimate of drug-likeness (QED) is 0.297. The summed E-state index contributed by atoms with van der Waals surface area (Å²) in [4.78, 5) is 18.3. The van der Waals surface area contributed by atoms with E-state index in [2.05, 4.69) is 17.2 Å². The van der Waals surface area contributed by atoms with Gasteiger partial charge < -0.3 is 0 Å². The highest BCUT2D eigenvalue weighted by Crippen LogP contribution is 2.27. The molecule has 7 heteroatoms. The molecule has 2 aromatic heterocycles. The number of rotatable bonds is 7. The Morgan fingerprint density at radius 3 is 2.53 bits per heavy atom. The van der Waals surface area contributed by atoms with Gasteiger partial charge in [0.2, 0.25) is 0 Å². The van der Waals surface area contributed by atoms with Gasteiger partial charge >= 0.3 is 0 Å². The van der Waals surface area contributed by atoms with Crippen LogP contribution in [0.15, 0.2) is 64.5 Å². The van der Waals surface area contributed by atoms with E-state index < -0.39 is 0 Å². The van der Waals surface area contributed by atoms with Gasteiger partial charge in [-0.15, -0.1) is 0 Å². The summed E-state index contributed by atoms with van der Waals surface area (Å²) < 4.78 is 3.53. The molecule has 154 valence electrons. The molecule has 0 atom stereocenters. The van der Waals surface area contributed by atoms with Crippen molar-refractivity contribution in [2.45, 2.75) is 44.3 Å². The van der Waals surface area contributed by atoms with Crippen LogP contribution >= 0.6 is 23.4 Å². The molecule has 4 aromatic rings. The van der Waals surface area contributed by atoms with Crippen LogP contribution in [-0.2, 0) is 25.3 Å². The molecule has 0 amide bonds. The van der Waals surface area contributed by atoms with Crippen molar-refractivity contribution in [3.63, 3.8) is 0 Å². The fraction of sp³-hybridized carbons (Fsp3) is 0.261. The zero-order valence-corrected chi connectivity index (χ0v) is 18.6. The van der Waals surface area contributed by atoms with Crippen LogP contribution in [0.3, 0.4) is 0 Å². The second kappa shape index (κ2) is 9.06. The van der Waals surface area contributed by atoms with Crippen molar-refractivity contribution in [1.29, 1.82) is 0 Å². The highest BCUT2D eigenvalue weighted by Gasteiger charge is 2.18. The summed E-state index contributed by atoms with van der Waals surface area (Å²) >= 11 is 7.86. The van der Waals surface area contributed by atoms with Crippen molar-refractivity contribution in [3.05, 3.63) is 86.8 Å². The molecule has 4 rings (SSSR count). The third kappa shape index (κ3) is 4.16. The van der Waals surface area contributed by atoms with E-state index in [-0.39, 0.29) is 5.56 Å². The lowest BCUT2D eigenvalue weighted by Gasteiger charge is -2.13. The third-order valence-corrected chi connectivity index (χ3v) is 6.46. The maximum Gasteiger partial charge on any atom is 0.280 e. The largest absolute Gasteiger partial charge is 0.285 e. The number of aryl methyl sites for hydroxylation is 3. The molecule has 0 fully saturated rings. The summed E-state index contributed by atoms with van der Waals surface area (Å²) in [6.45, 7) is 5.08. The topological polar surface area (TPSA) is 52.7 Å². The van der Waals surface area contributed by atoms with E-state index in [1.54, 1.807) is 9.25 Å². The van der Waals surface area contributed by atoms with E-state index in [9.17, 15) is 4.79 Å². The summed E-state index contributed by atoms with van der Waals surface area (Å²) in [6.07, 6.45) is 0.757. The Bertz CT molecular complexity index is 1230. The predicted molar refractivity (Wildman–Crippen MR) is 123 cm³/mol. The van der Waals surface area contributed by atoms with E-state index in [1.807, 2.05) is 56.3 Å². The minimum Gasteiger partial charge on any atom is -0.285 e. The average molecular weight is 439 g/mol. The van der Waals surface area contributed by atoms with Gasteiger partial charge in [-0.25, -0.2) is 4.98 Å². The second-order valence-corrected chi connectivity index (χ2v) is 8.41. The molecule has 0 saturated heterocycles. The van der Waals surface area contributed by atoms with Crippen molar-refractivity contribution in [1.82, 2.24) is 19.3 Å². The van der Waals surface area contributed by atoms with Gasteiger partial charge in [-0.2, -0.15) is 5.10 Å². The molecule has 0 unspecified atom stereocenters. The fourth-order valence-electron chi connectivity index (χ4n) is 3.47. The van der Waals surface area contributed by atoms with E-state index in [1.165, 1.54) is 17.3 Å². The zero-order valence-electron chi connectivity index (χ0n) is 17.0. The van der Waals surface area contributed by atoms with Crippen molar-refractivity contribution in [2.24, 2.45) is 0 Å². The molecule has 0 saturated carbocycles. The van der Waals surface area contributed by atoms with Crippen LogP contribution in [0.25, 0.3) is 11.0 Å². The first-order chi connectivity index (χ1) is 14.6. The number of hydrogen-bond acceptors (Lipinski definition) is 4. The van der Waals surface area contributed by atoms with Gasteiger partial charge in [0, 0.05) is 23.9 Å². The van der Waals surface area contributed by atoms with Gasteiger partial charge in [0.05, 0.1) is 5.69 Å². The maximum absolute atomic E-state index is 13.5. The highest BCUT2D eigenvalue weighted by atomic mass is 35.5. The first kappa shape index (κ1) is 20.7. The minimum absolute atomic E-state index is 0.0416. The molecule has 2 aromatic carbocycles. The van der Waals surface area contributed by atoms with Crippen LogP contribution in [0.4, 0.5) is 0 Å². The molecule has 30 heavy (non-hydrogen) atoms. The molecular weight excluding hydrogens is 416 g/mol. The molecule has 0 aliphatic rings. The standard InChI is InChI=1S/C23H23ClN4OS/c1-3-28-21-20(16(2)26-28)25-23(30-15-18-11-7-8-12-19(18)24)27(22(21)29)14-13-17-9-5-4-6-10-17/h4-12H,3,13-15H2,1-2H3. The molecule has 0 aliphatic carbocycles. The maximum atomic E-state index is 13.5. The lowest BCUT2D eigenvalue weighted by molar-refractivity contribution is 0.587. The summed E-state index contributed by atoms with van der Waals surface area (Å²) in [5.41, 5.74) is 4.20. The Hall–Kier alpha value is -2.57. The fourth-order valence-corrected chi connectivity index (χ4v) is 4.77. The van der Waals surface area contributed by atoms with Gasteiger partial charge in [-0.3, -0.25) is 14.0 Å². The van der Waals surface area contributed by atoms with Crippen LogP contribution in [-0.4, -0.2) is 19.3 Å². The summed E-state index contributed by atoms with van der Waals surface area (Å²) in [5, 5.41) is 5.93. The molecule has 5 nitrogen and oxygen atoms in total. The summed E-state index contributed by atoms with van der Waals surface area (Å²) in [5.74, 6) is 0.643. The zero-order chi connectivity index (χ0) is 21.1. The summed E-state index contributed by atoms with van der Waals surface area (Å²) in [6, 6.07) is 17.9. The normalized spacial score (nSPS) is 11.3. The van der Waals surface area contributed by atoms with Crippen molar-refractivity contribution in [3.8, 4) is 0 Å². The molecule has 0 N–H and O–H groups in total. The number of hydrogen-bond donors (Lipinski definition) is 0. The van der Waals surface area contributed by atoms with Gasteiger partial charge in [-0.05, 0) is 37.5 Å². The lowest BCUT2D eigenvalue weighted by atomic mass is 10.1. The predicted octanol–water partition coefficient (Wildman–Crippen LogP) is 5.11. The average Bonchev–Trinajstić information content (AvgIpc) is 3.09.